The molecule has 14 heavy (non-hydrogen) atoms. The fourth-order valence-electron chi connectivity index (χ4n) is 1.32. The lowest BCUT2D eigenvalue weighted by molar-refractivity contribution is -0.133. The molecule has 1 rings (SSSR count). The number of rotatable bonds is 4. The molecule has 0 saturated heterocycles. The third kappa shape index (κ3) is 2.24. The van der Waals surface area contributed by atoms with Crippen LogP contribution >= 0.6 is 0 Å². The summed E-state index contributed by atoms with van der Waals surface area (Å²) in [4.78, 5) is 15.4. The molecule has 0 N–H and O–H groups in total. The van der Waals surface area contributed by atoms with Gasteiger partial charge in [-0.05, 0) is 26.9 Å². The van der Waals surface area contributed by atoms with Crippen LogP contribution in [0.15, 0.2) is 0 Å². The second-order valence-electron chi connectivity index (χ2n) is 4.22. The number of nitrogens with zero attached hydrogens (tertiary/aromatic N) is 3. The number of nitriles is 1. The van der Waals surface area contributed by atoms with E-state index in [9.17, 15) is 4.79 Å². The lowest BCUT2D eigenvalue weighted by Crippen LogP contribution is -2.37. The van der Waals surface area contributed by atoms with Gasteiger partial charge in [0.15, 0.2) is 0 Å². The molecular weight excluding hydrogens is 178 g/mol. The molecule has 0 atom stereocenters. The van der Waals surface area contributed by atoms with E-state index in [1.54, 1.807) is 11.9 Å². The Morgan fingerprint density at radius 3 is 2.29 bits per heavy atom. The van der Waals surface area contributed by atoms with E-state index < -0.39 is 5.41 Å². The maximum Gasteiger partial charge on any atom is 0.242 e. The van der Waals surface area contributed by atoms with Crippen LogP contribution in [0.1, 0.15) is 12.8 Å². The molecule has 0 heterocycles. The highest BCUT2D eigenvalue weighted by molar-refractivity contribution is 5.88. The van der Waals surface area contributed by atoms with E-state index in [4.69, 9.17) is 5.26 Å². The van der Waals surface area contributed by atoms with Crippen molar-refractivity contribution in [3.05, 3.63) is 0 Å². The van der Waals surface area contributed by atoms with Gasteiger partial charge in [-0.2, -0.15) is 5.26 Å². The van der Waals surface area contributed by atoms with E-state index in [1.807, 2.05) is 19.0 Å². The minimum Gasteiger partial charge on any atom is -0.343 e. The van der Waals surface area contributed by atoms with Crippen molar-refractivity contribution < 1.29 is 4.79 Å². The Bertz CT molecular complexity index is 263. The first-order valence-electron chi connectivity index (χ1n) is 4.83. The SMILES string of the molecule is CN(C)CCN(C)C(=O)C1(C#N)CC1. The number of hydrogen-bond donors (Lipinski definition) is 0. The van der Waals surface area contributed by atoms with Gasteiger partial charge < -0.3 is 9.80 Å². The van der Waals surface area contributed by atoms with Crippen molar-refractivity contribution in [2.75, 3.05) is 34.2 Å². The molecule has 1 aliphatic carbocycles. The standard InChI is InChI=1S/C10H17N3O/c1-12(2)6-7-13(3)9(14)10(8-11)4-5-10/h4-7H2,1-3H3. The summed E-state index contributed by atoms with van der Waals surface area (Å²) in [6, 6.07) is 2.12. The van der Waals surface area contributed by atoms with Crippen LogP contribution in [0.25, 0.3) is 0 Å². The number of carbonyl (C=O) groups is 1. The summed E-state index contributed by atoms with van der Waals surface area (Å²) in [5, 5.41) is 8.85. The van der Waals surface area contributed by atoms with Crippen LogP contribution in [0.2, 0.25) is 0 Å². The molecule has 1 saturated carbocycles. The van der Waals surface area contributed by atoms with Crippen LogP contribution in [0.3, 0.4) is 0 Å². The highest BCUT2D eigenvalue weighted by Crippen LogP contribution is 2.46. The van der Waals surface area contributed by atoms with Crippen LogP contribution in [0, 0.1) is 16.7 Å². The maximum atomic E-state index is 11.8. The summed E-state index contributed by atoms with van der Waals surface area (Å²) in [6.45, 7) is 1.53. The first kappa shape index (κ1) is 11.0. The Hall–Kier alpha value is -1.08. The van der Waals surface area contributed by atoms with Crippen molar-refractivity contribution in [2.45, 2.75) is 12.8 Å². The van der Waals surface area contributed by atoms with Gasteiger partial charge in [-0.3, -0.25) is 4.79 Å². The van der Waals surface area contributed by atoms with Gasteiger partial charge in [-0.15, -0.1) is 0 Å². The Kier molecular flexibility index (Phi) is 3.12. The third-order valence-electron chi connectivity index (χ3n) is 2.60. The van der Waals surface area contributed by atoms with Gasteiger partial charge in [-0.1, -0.05) is 0 Å². The van der Waals surface area contributed by atoms with Gasteiger partial charge in [-0.25, -0.2) is 0 Å². The molecular formula is C10H17N3O. The second-order valence-corrected chi connectivity index (χ2v) is 4.22. The van der Waals surface area contributed by atoms with Crippen LogP contribution in [0.4, 0.5) is 0 Å². The van der Waals surface area contributed by atoms with Gasteiger partial charge in [0.05, 0.1) is 6.07 Å². The van der Waals surface area contributed by atoms with Crippen molar-refractivity contribution in [3.63, 3.8) is 0 Å². The lowest BCUT2D eigenvalue weighted by Gasteiger charge is -2.21. The second kappa shape index (κ2) is 3.97. The number of carbonyl (C=O) groups excluding carboxylic acids is 1. The molecule has 0 aromatic rings. The molecule has 0 aliphatic heterocycles. The molecule has 1 aliphatic rings. The van der Waals surface area contributed by atoms with Gasteiger partial charge in [0.1, 0.15) is 5.41 Å². The lowest BCUT2D eigenvalue weighted by atomic mass is 10.1. The molecule has 0 aromatic heterocycles. The highest BCUT2D eigenvalue weighted by atomic mass is 16.2. The summed E-state index contributed by atoms with van der Waals surface area (Å²) in [5.41, 5.74) is -0.666. The monoisotopic (exact) mass is 195 g/mol. The average molecular weight is 195 g/mol. The van der Waals surface area contributed by atoms with Crippen molar-refractivity contribution in [1.82, 2.24) is 9.80 Å². The average Bonchev–Trinajstić information content (AvgIpc) is 2.93. The molecule has 1 fully saturated rings. The van der Waals surface area contributed by atoms with Crippen LogP contribution in [-0.4, -0.2) is 49.9 Å². The van der Waals surface area contributed by atoms with Crippen molar-refractivity contribution >= 4 is 5.91 Å². The zero-order chi connectivity index (χ0) is 10.8. The smallest absolute Gasteiger partial charge is 0.242 e. The Morgan fingerprint density at radius 2 is 1.93 bits per heavy atom. The third-order valence-corrected chi connectivity index (χ3v) is 2.60. The van der Waals surface area contributed by atoms with Crippen molar-refractivity contribution in [3.8, 4) is 6.07 Å². The minimum absolute atomic E-state index is 0.0122. The first-order valence-corrected chi connectivity index (χ1v) is 4.83. The van der Waals surface area contributed by atoms with Crippen LogP contribution in [0.5, 0.6) is 0 Å². The topological polar surface area (TPSA) is 47.3 Å². The summed E-state index contributed by atoms with van der Waals surface area (Å²) in [7, 11) is 5.70. The fraction of sp³-hybridized carbons (Fsp3) is 0.800. The van der Waals surface area contributed by atoms with Crippen molar-refractivity contribution in [2.24, 2.45) is 5.41 Å². The van der Waals surface area contributed by atoms with Gasteiger partial charge in [0, 0.05) is 20.1 Å². The molecule has 0 bridgehead atoms. The van der Waals surface area contributed by atoms with E-state index >= 15 is 0 Å². The molecule has 0 radical (unpaired) electrons. The molecule has 78 valence electrons. The maximum absolute atomic E-state index is 11.8. The molecule has 0 unspecified atom stereocenters. The molecule has 4 nitrogen and oxygen atoms in total. The minimum atomic E-state index is -0.666. The largest absolute Gasteiger partial charge is 0.343 e. The summed E-state index contributed by atoms with van der Waals surface area (Å²) in [5.74, 6) is -0.0122. The fourth-order valence-corrected chi connectivity index (χ4v) is 1.32. The van der Waals surface area contributed by atoms with Crippen molar-refractivity contribution in [1.29, 1.82) is 5.26 Å². The molecule has 1 amide bonds. The number of amides is 1. The number of hydrogen-bond acceptors (Lipinski definition) is 3. The first-order chi connectivity index (χ1) is 6.52. The summed E-state index contributed by atoms with van der Waals surface area (Å²) in [6.07, 6.45) is 1.46. The quantitative estimate of drug-likeness (QED) is 0.648. The van der Waals surface area contributed by atoms with E-state index in [0.717, 1.165) is 19.4 Å². The zero-order valence-electron chi connectivity index (χ0n) is 9.08. The van der Waals surface area contributed by atoms with E-state index in [2.05, 4.69) is 6.07 Å². The Balaban J connectivity index is 2.42. The van der Waals surface area contributed by atoms with E-state index in [-0.39, 0.29) is 5.91 Å². The normalized spacial score (nSPS) is 17.6. The molecule has 0 spiro atoms. The van der Waals surface area contributed by atoms with Gasteiger partial charge in [0.25, 0.3) is 0 Å². The molecule has 4 heteroatoms. The zero-order valence-corrected chi connectivity index (χ0v) is 9.08. The molecule has 0 aromatic carbocycles. The predicted octanol–water partition coefficient (Wildman–Crippen LogP) is 0.310. The summed E-state index contributed by atoms with van der Waals surface area (Å²) < 4.78 is 0. The van der Waals surface area contributed by atoms with Gasteiger partial charge >= 0.3 is 0 Å². The van der Waals surface area contributed by atoms with E-state index in [1.165, 1.54) is 0 Å². The predicted molar refractivity (Wildman–Crippen MR) is 53.5 cm³/mol. The Labute approximate surface area is 85.1 Å². The van der Waals surface area contributed by atoms with Gasteiger partial charge in [0.2, 0.25) is 5.91 Å². The summed E-state index contributed by atoms with van der Waals surface area (Å²) >= 11 is 0. The number of likely N-dealkylation sites (N-methyl/N-ethyl adjacent to an activating group) is 2. The van der Waals surface area contributed by atoms with E-state index in [0.29, 0.717) is 6.54 Å². The highest BCUT2D eigenvalue weighted by Gasteiger charge is 2.51. The Morgan fingerprint density at radius 1 is 1.36 bits per heavy atom. The van der Waals surface area contributed by atoms with Crippen LogP contribution < -0.4 is 0 Å². The van der Waals surface area contributed by atoms with Crippen LogP contribution in [-0.2, 0) is 4.79 Å².